The Kier molecular flexibility index (Phi) is 5.89. The van der Waals surface area contributed by atoms with Gasteiger partial charge >= 0.3 is 5.88 Å². The molecule has 12 heteroatoms. The van der Waals surface area contributed by atoms with Crippen LogP contribution in [0.5, 0.6) is 5.75 Å². The van der Waals surface area contributed by atoms with Crippen LogP contribution in [0.1, 0.15) is 23.3 Å². The highest BCUT2D eigenvalue weighted by Crippen LogP contribution is 2.19. The van der Waals surface area contributed by atoms with Gasteiger partial charge in [0.25, 0.3) is 5.91 Å². The Bertz CT molecular complexity index is 1050. The van der Waals surface area contributed by atoms with Gasteiger partial charge in [-0.25, -0.2) is 0 Å². The normalized spacial score (nSPS) is 14.5. The van der Waals surface area contributed by atoms with Crippen molar-refractivity contribution >= 4 is 11.8 Å². The molecule has 12 nitrogen and oxygen atoms in total. The van der Waals surface area contributed by atoms with Crippen LogP contribution in [0.2, 0.25) is 0 Å². The minimum absolute atomic E-state index is 0.0282. The summed E-state index contributed by atoms with van der Waals surface area (Å²) in [7, 11) is 0. The first-order chi connectivity index (χ1) is 15.0. The lowest BCUT2D eigenvalue weighted by atomic mass is 10.2. The molecule has 162 valence electrons. The van der Waals surface area contributed by atoms with E-state index in [2.05, 4.69) is 20.4 Å². The van der Waals surface area contributed by atoms with Gasteiger partial charge in [0.2, 0.25) is 0 Å². The van der Waals surface area contributed by atoms with Crippen molar-refractivity contribution in [2.24, 2.45) is 0 Å². The molecule has 0 atom stereocenters. The van der Waals surface area contributed by atoms with E-state index in [9.17, 15) is 14.9 Å². The van der Waals surface area contributed by atoms with E-state index < -0.39 is 10.8 Å². The molecular formula is C19H21N7O5. The zero-order valence-electron chi connectivity index (χ0n) is 16.9. The van der Waals surface area contributed by atoms with Crippen molar-refractivity contribution in [2.75, 3.05) is 32.8 Å². The van der Waals surface area contributed by atoms with Crippen LogP contribution in [0.15, 0.2) is 40.8 Å². The number of furan rings is 1. The second-order valence-electron chi connectivity index (χ2n) is 6.90. The number of ether oxygens (including phenoxy) is 1. The van der Waals surface area contributed by atoms with E-state index in [1.54, 1.807) is 9.58 Å². The summed E-state index contributed by atoms with van der Waals surface area (Å²) >= 11 is 0. The maximum absolute atomic E-state index is 12.5. The van der Waals surface area contributed by atoms with Crippen molar-refractivity contribution < 1.29 is 18.9 Å². The molecule has 1 amide bonds. The Morgan fingerprint density at radius 2 is 1.90 bits per heavy atom. The SMILES string of the molecule is CCOc1ccc(-n2nnnc2CN2CCN(C(=O)c3ccc([N+](=O)[O-])o3)CC2)cc1. The molecule has 0 N–H and O–H groups in total. The molecule has 1 aliphatic rings. The third kappa shape index (κ3) is 4.53. The van der Waals surface area contributed by atoms with E-state index in [0.29, 0.717) is 45.2 Å². The number of piperazine rings is 1. The topological polar surface area (TPSA) is 133 Å². The number of nitro groups is 1. The van der Waals surface area contributed by atoms with Crippen LogP contribution in [0.25, 0.3) is 5.69 Å². The van der Waals surface area contributed by atoms with Gasteiger partial charge in [0.1, 0.15) is 10.7 Å². The van der Waals surface area contributed by atoms with Crippen molar-refractivity contribution in [3.63, 3.8) is 0 Å². The highest BCUT2D eigenvalue weighted by Gasteiger charge is 2.26. The third-order valence-corrected chi connectivity index (χ3v) is 4.93. The molecule has 1 aliphatic heterocycles. The molecule has 4 rings (SSSR count). The third-order valence-electron chi connectivity index (χ3n) is 4.93. The van der Waals surface area contributed by atoms with Crippen molar-refractivity contribution in [3.05, 3.63) is 58.1 Å². The second-order valence-corrected chi connectivity index (χ2v) is 6.90. The Balaban J connectivity index is 1.36. The molecule has 2 aromatic heterocycles. The van der Waals surface area contributed by atoms with E-state index in [1.165, 1.54) is 12.1 Å². The Labute approximate surface area is 177 Å². The van der Waals surface area contributed by atoms with E-state index in [0.717, 1.165) is 11.4 Å². The van der Waals surface area contributed by atoms with Crippen LogP contribution in [0.4, 0.5) is 5.88 Å². The maximum Gasteiger partial charge on any atom is 0.433 e. The standard InChI is InChI=1S/C19H21N7O5/c1-2-30-15-5-3-14(4-6-15)25-17(20-21-22-25)13-23-9-11-24(12-10-23)19(27)16-7-8-18(31-16)26(28)29/h3-8H,2,9-13H2,1H3. The molecule has 1 fully saturated rings. The second kappa shape index (κ2) is 8.92. The van der Waals surface area contributed by atoms with Crippen molar-refractivity contribution in [3.8, 4) is 11.4 Å². The van der Waals surface area contributed by atoms with Gasteiger partial charge in [-0.15, -0.1) is 5.10 Å². The highest BCUT2D eigenvalue weighted by molar-refractivity contribution is 5.91. The van der Waals surface area contributed by atoms with Gasteiger partial charge in [0.15, 0.2) is 11.6 Å². The summed E-state index contributed by atoms with van der Waals surface area (Å²) < 4.78 is 12.2. The first-order valence-corrected chi connectivity index (χ1v) is 9.81. The fourth-order valence-electron chi connectivity index (χ4n) is 3.36. The van der Waals surface area contributed by atoms with Crippen LogP contribution in [0.3, 0.4) is 0 Å². The zero-order chi connectivity index (χ0) is 21.8. The quantitative estimate of drug-likeness (QED) is 0.406. The minimum atomic E-state index is -0.663. The predicted octanol–water partition coefficient (Wildman–Crippen LogP) is 1.52. The lowest BCUT2D eigenvalue weighted by Crippen LogP contribution is -2.48. The molecule has 0 unspecified atom stereocenters. The zero-order valence-corrected chi connectivity index (χ0v) is 16.9. The van der Waals surface area contributed by atoms with Crippen molar-refractivity contribution in [1.29, 1.82) is 0 Å². The van der Waals surface area contributed by atoms with E-state index >= 15 is 0 Å². The number of carbonyl (C=O) groups is 1. The average molecular weight is 427 g/mol. The first kappa shape index (κ1) is 20.5. The van der Waals surface area contributed by atoms with Gasteiger partial charge in [-0.05, 0) is 47.7 Å². The Morgan fingerprint density at radius 1 is 1.16 bits per heavy atom. The first-order valence-electron chi connectivity index (χ1n) is 9.81. The van der Waals surface area contributed by atoms with Crippen LogP contribution < -0.4 is 4.74 Å². The molecule has 3 heterocycles. The van der Waals surface area contributed by atoms with Crippen LogP contribution in [-0.4, -0.2) is 73.6 Å². The summed E-state index contributed by atoms with van der Waals surface area (Å²) in [6, 6.07) is 10.0. The number of aromatic nitrogens is 4. The molecule has 3 aromatic rings. The highest BCUT2D eigenvalue weighted by atomic mass is 16.6. The summed E-state index contributed by atoms with van der Waals surface area (Å²) in [5.41, 5.74) is 0.830. The van der Waals surface area contributed by atoms with Gasteiger partial charge in [-0.3, -0.25) is 19.8 Å². The van der Waals surface area contributed by atoms with Crippen LogP contribution >= 0.6 is 0 Å². The molecule has 1 aromatic carbocycles. The molecule has 1 saturated heterocycles. The number of nitrogens with zero attached hydrogens (tertiary/aromatic N) is 7. The van der Waals surface area contributed by atoms with E-state index in [-0.39, 0.29) is 11.7 Å². The average Bonchev–Trinajstić information content (AvgIpc) is 3.45. The molecule has 0 bridgehead atoms. The minimum Gasteiger partial charge on any atom is -0.494 e. The van der Waals surface area contributed by atoms with Crippen molar-refractivity contribution in [2.45, 2.75) is 13.5 Å². The number of tetrazole rings is 1. The van der Waals surface area contributed by atoms with Gasteiger partial charge in [-0.2, -0.15) is 4.68 Å². The number of rotatable bonds is 7. The van der Waals surface area contributed by atoms with Gasteiger partial charge in [0.05, 0.1) is 24.9 Å². The smallest absolute Gasteiger partial charge is 0.433 e. The number of carbonyl (C=O) groups excluding carboxylic acids is 1. The summed E-state index contributed by atoms with van der Waals surface area (Å²) in [5, 5.41) is 22.8. The van der Waals surface area contributed by atoms with Gasteiger partial charge in [0, 0.05) is 26.2 Å². The number of hydrogen-bond donors (Lipinski definition) is 0. The van der Waals surface area contributed by atoms with Crippen LogP contribution in [0, 0.1) is 10.1 Å². The summed E-state index contributed by atoms with van der Waals surface area (Å²) in [5.74, 6) is 0.642. The molecule has 31 heavy (non-hydrogen) atoms. The monoisotopic (exact) mass is 427 g/mol. The summed E-state index contributed by atoms with van der Waals surface area (Å²) in [4.78, 5) is 26.4. The molecule has 0 spiro atoms. The summed E-state index contributed by atoms with van der Waals surface area (Å²) in [6.07, 6.45) is 0. The fourth-order valence-corrected chi connectivity index (χ4v) is 3.36. The Morgan fingerprint density at radius 3 is 2.55 bits per heavy atom. The number of benzene rings is 1. The summed E-state index contributed by atoms with van der Waals surface area (Å²) in [6.45, 7) is 5.22. The largest absolute Gasteiger partial charge is 0.494 e. The molecular weight excluding hydrogens is 406 g/mol. The van der Waals surface area contributed by atoms with Crippen molar-refractivity contribution in [1.82, 2.24) is 30.0 Å². The molecule has 0 aliphatic carbocycles. The van der Waals surface area contributed by atoms with Crippen LogP contribution in [-0.2, 0) is 6.54 Å². The fraction of sp³-hybridized carbons (Fsp3) is 0.368. The maximum atomic E-state index is 12.5. The van der Waals surface area contributed by atoms with E-state index in [4.69, 9.17) is 9.15 Å². The lowest BCUT2D eigenvalue weighted by Gasteiger charge is -2.33. The predicted molar refractivity (Wildman–Crippen MR) is 107 cm³/mol. The number of hydrogen-bond acceptors (Lipinski definition) is 9. The number of amides is 1. The van der Waals surface area contributed by atoms with E-state index in [1.807, 2.05) is 31.2 Å². The lowest BCUT2D eigenvalue weighted by molar-refractivity contribution is -0.402. The molecule has 0 radical (unpaired) electrons. The van der Waals surface area contributed by atoms with Gasteiger partial charge < -0.3 is 14.1 Å². The Hall–Kier alpha value is -3.80. The molecule has 0 saturated carbocycles. The van der Waals surface area contributed by atoms with Gasteiger partial charge in [-0.1, -0.05) is 0 Å².